The van der Waals surface area contributed by atoms with Crippen molar-refractivity contribution in [1.29, 1.82) is 0 Å². The molecule has 0 aliphatic carbocycles. The number of oxime groups is 1. The second-order valence-electron chi connectivity index (χ2n) is 10.3. The van der Waals surface area contributed by atoms with Crippen LogP contribution >= 0.6 is 0 Å². The molecule has 0 radical (unpaired) electrons. The summed E-state index contributed by atoms with van der Waals surface area (Å²) in [5.41, 5.74) is 3.80. The first-order chi connectivity index (χ1) is 22.3. The molecular formula is C37H46N2O7. The van der Waals surface area contributed by atoms with E-state index in [0.717, 1.165) is 66.2 Å². The first kappa shape index (κ1) is 37.4. The van der Waals surface area contributed by atoms with Crippen LogP contribution < -0.4 is 4.74 Å². The molecule has 9 nitrogen and oxygen atoms in total. The Balaban J connectivity index is 0.00000139. The van der Waals surface area contributed by atoms with Crippen LogP contribution in [0.25, 0.3) is 21.8 Å². The maximum absolute atomic E-state index is 13.5. The topological polar surface area (TPSA) is 124 Å². The summed E-state index contributed by atoms with van der Waals surface area (Å²) in [6.07, 6.45) is 5.19. The van der Waals surface area contributed by atoms with Gasteiger partial charge in [0.05, 0.1) is 6.61 Å². The van der Waals surface area contributed by atoms with E-state index in [2.05, 4.69) is 30.5 Å². The molecule has 4 aromatic rings. The number of ether oxygens (including phenoxy) is 1. The summed E-state index contributed by atoms with van der Waals surface area (Å²) in [4.78, 5) is 51.5. The van der Waals surface area contributed by atoms with E-state index < -0.39 is 5.97 Å². The molecule has 1 aromatic heterocycles. The fourth-order valence-electron chi connectivity index (χ4n) is 4.96. The minimum Gasteiger partial charge on any atom is -0.494 e. The van der Waals surface area contributed by atoms with Crippen LogP contribution in [0, 0.1) is 0 Å². The van der Waals surface area contributed by atoms with Gasteiger partial charge in [0.1, 0.15) is 11.5 Å². The van der Waals surface area contributed by atoms with Crippen LogP contribution in [-0.4, -0.2) is 46.0 Å². The highest BCUT2D eigenvalue weighted by Crippen LogP contribution is 2.32. The van der Waals surface area contributed by atoms with E-state index in [0.29, 0.717) is 29.7 Å². The van der Waals surface area contributed by atoms with Gasteiger partial charge in [-0.2, -0.15) is 0 Å². The largest absolute Gasteiger partial charge is 0.494 e. The maximum atomic E-state index is 13.5. The van der Waals surface area contributed by atoms with Gasteiger partial charge < -0.3 is 19.2 Å². The van der Waals surface area contributed by atoms with Crippen LogP contribution in [0.5, 0.6) is 5.75 Å². The Morgan fingerprint density at radius 2 is 1.35 bits per heavy atom. The van der Waals surface area contributed by atoms with Crippen LogP contribution in [0.1, 0.15) is 106 Å². The number of hydrogen-bond acceptors (Lipinski definition) is 7. The van der Waals surface area contributed by atoms with Crippen LogP contribution in [0.3, 0.4) is 0 Å². The van der Waals surface area contributed by atoms with E-state index in [1.165, 1.54) is 6.92 Å². The lowest BCUT2D eigenvalue weighted by Gasteiger charge is -2.07. The standard InChI is InChI=1S/C34H38N2O5.C2H6.CH2O2/c1-5-8-10-11-30(35-41-23(4)37)34(39)26-15-19-32-29(22-26)28-21-25(14-18-31(28)36(32)7-3)33(38)24-12-16-27(17-13-24)40-20-9-6-2;1-2;2-1-3/h12-19,21-22H,5-11,20H2,1-4H3;1-2H3;1H,(H,2,3)/b35-30+;;. The van der Waals surface area contributed by atoms with Crippen molar-refractivity contribution in [1.82, 2.24) is 4.57 Å². The number of rotatable bonds is 14. The third-order valence-electron chi connectivity index (χ3n) is 7.15. The van der Waals surface area contributed by atoms with Gasteiger partial charge in [0.25, 0.3) is 6.47 Å². The van der Waals surface area contributed by atoms with Gasteiger partial charge in [0.15, 0.2) is 5.78 Å². The molecule has 0 aliphatic heterocycles. The Kier molecular flexibility index (Phi) is 15.9. The van der Waals surface area contributed by atoms with Crippen molar-refractivity contribution >= 4 is 51.5 Å². The number of aromatic nitrogens is 1. The second-order valence-corrected chi connectivity index (χ2v) is 10.3. The smallest absolute Gasteiger partial charge is 0.331 e. The average Bonchev–Trinajstić information content (AvgIpc) is 3.39. The second kappa shape index (κ2) is 19.6. The number of hydrogen-bond donors (Lipinski definition) is 1. The van der Waals surface area contributed by atoms with Gasteiger partial charge in [-0.05, 0) is 86.8 Å². The number of carbonyl (C=O) groups is 4. The van der Waals surface area contributed by atoms with Gasteiger partial charge in [-0.15, -0.1) is 0 Å². The predicted octanol–water partition coefficient (Wildman–Crippen LogP) is 8.63. The SMILES string of the molecule is CC.CCCCC/C(=N\OC(C)=O)C(=O)c1ccc2c(c1)c1cc(C(=O)c3ccc(OCCCC)cc3)ccc1n2CC.O=CO. The Labute approximate surface area is 271 Å². The minimum absolute atomic E-state index is 0.0802. The molecule has 3 aromatic carbocycles. The van der Waals surface area contributed by atoms with Crippen LogP contribution in [-0.2, 0) is 21.0 Å². The number of benzene rings is 3. The van der Waals surface area contributed by atoms with Gasteiger partial charge in [0.2, 0.25) is 5.78 Å². The van der Waals surface area contributed by atoms with Crippen molar-refractivity contribution in [3.8, 4) is 5.75 Å². The molecule has 0 fully saturated rings. The van der Waals surface area contributed by atoms with E-state index >= 15 is 0 Å². The fourth-order valence-corrected chi connectivity index (χ4v) is 4.96. The Morgan fingerprint density at radius 1 is 0.804 bits per heavy atom. The average molecular weight is 631 g/mol. The molecule has 0 amide bonds. The van der Waals surface area contributed by atoms with Crippen LogP contribution in [0.15, 0.2) is 65.8 Å². The highest BCUT2D eigenvalue weighted by Gasteiger charge is 2.19. The normalized spacial score (nSPS) is 10.8. The molecule has 0 atom stereocenters. The number of carbonyl (C=O) groups excluding carboxylic acids is 3. The summed E-state index contributed by atoms with van der Waals surface area (Å²) in [7, 11) is 0. The van der Waals surface area contributed by atoms with E-state index in [-0.39, 0.29) is 23.8 Å². The van der Waals surface area contributed by atoms with Crippen LogP contribution in [0.2, 0.25) is 0 Å². The molecule has 246 valence electrons. The van der Waals surface area contributed by atoms with Gasteiger partial charge in [0, 0.05) is 52.0 Å². The van der Waals surface area contributed by atoms with E-state index in [1.54, 1.807) is 18.2 Å². The first-order valence-electron chi connectivity index (χ1n) is 16.0. The van der Waals surface area contributed by atoms with Gasteiger partial charge in [-0.3, -0.25) is 14.4 Å². The van der Waals surface area contributed by atoms with Crippen molar-refractivity contribution in [2.24, 2.45) is 5.16 Å². The molecular weight excluding hydrogens is 584 g/mol. The van der Waals surface area contributed by atoms with Crippen molar-refractivity contribution in [2.45, 2.75) is 86.6 Å². The Bertz CT molecular complexity index is 1640. The highest BCUT2D eigenvalue weighted by molar-refractivity contribution is 6.46. The summed E-state index contributed by atoms with van der Waals surface area (Å²) >= 11 is 0. The minimum atomic E-state index is -0.567. The molecule has 0 unspecified atom stereocenters. The quantitative estimate of drug-likeness (QED) is 0.0369. The molecule has 9 heteroatoms. The molecule has 0 saturated carbocycles. The van der Waals surface area contributed by atoms with E-state index in [9.17, 15) is 14.4 Å². The summed E-state index contributed by atoms with van der Waals surface area (Å²) < 4.78 is 7.91. The molecule has 46 heavy (non-hydrogen) atoms. The van der Waals surface area contributed by atoms with Crippen LogP contribution in [0.4, 0.5) is 0 Å². The first-order valence-corrected chi connectivity index (χ1v) is 16.0. The maximum Gasteiger partial charge on any atom is 0.331 e. The lowest BCUT2D eigenvalue weighted by atomic mass is 9.98. The van der Waals surface area contributed by atoms with E-state index in [4.69, 9.17) is 19.5 Å². The number of ketones is 2. The van der Waals surface area contributed by atoms with Crippen molar-refractivity contribution in [3.63, 3.8) is 0 Å². The lowest BCUT2D eigenvalue weighted by molar-refractivity contribution is -0.141. The highest BCUT2D eigenvalue weighted by atomic mass is 16.7. The van der Waals surface area contributed by atoms with Crippen molar-refractivity contribution in [3.05, 3.63) is 77.4 Å². The Hall–Kier alpha value is -4.79. The van der Waals surface area contributed by atoms with Gasteiger partial charge >= 0.3 is 5.97 Å². The molecule has 0 spiro atoms. The third kappa shape index (κ3) is 9.86. The number of unbranched alkanes of at least 4 members (excludes halogenated alkanes) is 3. The van der Waals surface area contributed by atoms with Crippen molar-refractivity contribution in [2.75, 3.05) is 6.61 Å². The zero-order chi connectivity index (χ0) is 34.1. The fraction of sp³-hybridized carbons (Fsp3) is 0.378. The summed E-state index contributed by atoms with van der Waals surface area (Å²) in [6, 6.07) is 18.5. The van der Waals surface area contributed by atoms with E-state index in [1.807, 2.05) is 56.3 Å². The summed E-state index contributed by atoms with van der Waals surface area (Å²) in [6.45, 7) is 12.7. The molecule has 0 bridgehead atoms. The summed E-state index contributed by atoms with van der Waals surface area (Å²) in [5.74, 6) is -0.165. The molecule has 1 heterocycles. The molecule has 0 aliphatic rings. The third-order valence-corrected chi connectivity index (χ3v) is 7.15. The molecule has 4 rings (SSSR count). The Morgan fingerprint density at radius 3 is 1.89 bits per heavy atom. The number of Topliss-reactive ketones (excluding diaryl/α,β-unsaturated/α-hetero) is 1. The number of fused-ring (bicyclic) bond motifs is 3. The number of nitrogens with zero attached hydrogens (tertiary/aromatic N) is 2. The summed E-state index contributed by atoms with van der Waals surface area (Å²) in [5, 5.41) is 12.6. The van der Waals surface area contributed by atoms with Crippen molar-refractivity contribution < 1.29 is 33.9 Å². The number of carboxylic acid groups (broad SMARTS) is 1. The molecule has 1 N–H and O–H groups in total. The predicted molar refractivity (Wildman–Crippen MR) is 183 cm³/mol. The zero-order valence-electron chi connectivity index (χ0n) is 27.8. The lowest BCUT2D eigenvalue weighted by Crippen LogP contribution is -2.16. The van der Waals surface area contributed by atoms with Gasteiger partial charge in [-0.25, -0.2) is 4.79 Å². The monoisotopic (exact) mass is 630 g/mol. The van der Waals surface area contributed by atoms with Gasteiger partial charge in [-0.1, -0.05) is 52.1 Å². The number of aryl methyl sites for hydroxylation is 1. The zero-order valence-corrected chi connectivity index (χ0v) is 27.8. The molecule has 0 saturated heterocycles.